The standard InChI is InChI=1S/C46H81N5O9Si/c1-15-31(6)41(49(9)45(56)35(29(2)3)27-37(52)40(30(4)5)50(10)46(57)47-24-20-26-61(13,14)58)38(59-11)28-39(53)51-25-19-23-36(51)43(60-12)32(7)44(55)48-33(8)42(54)34-21-17-16-18-22-34/h16-18,21-22,29-33,35-36,38,40-43,54,58H,15,19-20,23-28H2,1-14H3,(H,47,57)(H,48,55)/t31-,32+,33+,35-,36-,38+,40-,41-,42+,43+/m1/s1. The van der Waals surface area contributed by atoms with Gasteiger partial charge < -0.3 is 44.7 Å². The molecular formula is C46H81N5O9Si. The zero-order chi connectivity index (χ0) is 46.4. The van der Waals surface area contributed by atoms with Gasteiger partial charge in [-0.1, -0.05) is 85.2 Å². The predicted molar refractivity (Wildman–Crippen MR) is 242 cm³/mol. The van der Waals surface area contributed by atoms with E-state index in [1.165, 1.54) is 4.90 Å². The van der Waals surface area contributed by atoms with Crippen LogP contribution in [0.25, 0.3) is 0 Å². The van der Waals surface area contributed by atoms with Crippen LogP contribution in [0.15, 0.2) is 30.3 Å². The Kier molecular flexibility index (Phi) is 22.1. The van der Waals surface area contributed by atoms with Crippen molar-refractivity contribution in [2.45, 2.75) is 156 Å². The van der Waals surface area contributed by atoms with E-state index in [4.69, 9.17) is 9.47 Å². The van der Waals surface area contributed by atoms with Gasteiger partial charge in [0.2, 0.25) is 17.7 Å². The second-order valence-electron chi connectivity index (χ2n) is 18.7. The fraction of sp³-hybridized carbons (Fsp3) is 0.761. The van der Waals surface area contributed by atoms with Crippen molar-refractivity contribution in [1.29, 1.82) is 0 Å². The Bertz CT molecular complexity index is 1540. The minimum absolute atomic E-state index is 0.00443. The Hall–Kier alpha value is -3.37. The molecule has 1 aromatic rings. The quantitative estimate of drug-likeness (QED) is 0.0717. The number of likely N-dealkylation sites (N-methyl/N-ethyl adjacent to an activating group) is 2. The largest absolute Gasteiger partial charge is 0.432 e. The van der Waals surface area contributed by atoms with Crippen LogP contribution in [-0.4, -0.2) is 140 Å². The lowest BCUT2D eigenvalue weighted by Gasteiger charge is -2.41. The maximum atomic E-state index is 14.6. The highest BCUT2D eigenvalue weighted by molar-refractivity contribution is 6.69. The number of ether oxygens (including phenoxy) is 2. The van der Waals surface area contributed by atoms with Crippen LogP contribution in [-0.2, 0) is 28.7 Å². The fourth-order valence-corrected chi connectivity index (χ4v) is 9.93. The number of methoxy groups -OCH3 is 2. The summed E-state index contributed by atoms with van der Waals surface area (Å²) in [5.74, 6) is -2.65. The second kappa shape index (κ2) is 25.1. The molecule has 348 valence electrons. The Morgan fingerprint density at radius 1 is 0.918 bits per heavy atom. The van der Waals surface area contributed by atoms with E-state index in [0.717, 1.165) is 6.42 Å². The average molecular weight is 876 g/mol. The molecule has 0 bridgehead atoms. The first kappa shape index (κ1) is 53.8. The first-order valence-electron chi connectivity index (χ1n) is 22.4. The number of ketones is 1. The number of benzene rings is 1. The number of carbonyl (C=O) groups is 5. The van der Waals surface area contributed by atoms with Crippen LogP contribution in [0.1, 0.15) is 106 Å². The maximum Gasteiger partial charge on any atom is 0.317 e. The summed E-state index contributed by atoms with van der Waals surface area (Å²) in [5.41, 5.74) is 0.698. The maximum absolute atomic E-state index is 14.6. The monoisotopic (exact) mass is 876 g/mol. The van der Waals surface area contributed by atoms with Crippen molar-refractivity contribution in [1.82, 2.24) is 25.3 Å². The zero-order valence-corrected chi connectivity index (χ0v) is 40.8. The topological polar surface area (TPSA) is 178 Å². The highest BCUT2D eigenvalue weighted by Crippen LogP contribution is 2.31. The van der Waals surface area contributed by atoms with Gasteiger partial charge in [0.15, 0.2) is 14.1 Å². The molecule has 4 N–H and O–H groups in total. The van der Waals surface area contributed by atoms with Crippen molar-refractivity contribution in [2.24, 2.45) is 29.6 Å². The van der Waals surface area contributed by atoms with Crippen LogP contribution in [0.4, 0.5) is 4.79 Å². The van der Waals surface area contributed by atoms with Crippen molar-refractivity contribution >= 4 is 37.9 Å². The van der Waals surface area contributed by atoms with Crippen molar-refractivity contribution in [2.75, 3.05) is 41.4 Å². The first-order valence-corrected chi connectivity index (χ1v) is 25.6. The predicted octanol–water partition coefficient (Wildman–Crippen LogP) is 5.63. The minimum atomic E-state index is -2.24. The number of rotatable bonds is 25. The molecule has 0 saturated carbocycles. The number of Topliss-reactive ketones (excluding diaryl/α,β-unsaturated/α-hetero) is 1. The summed E-state index contributed by atoms with van der Waals surface area (Å²) in [7, 11) is 4.18. The van der Waals surface area contributed by atoms with Crippen LogP contribution in [0.3, 0.4) is 0 Å². The number of urea groups is 1. The van der Waals surface area contributed by atoms with E-state index in [1.807, 2.05) is 85.0 Å². The Morgan fingerprint density at radius 3 is 2.07 bits per heavy atom. The van der Waals surface area contributed by atoms with Gasteiger partial charge >= 0.3 is 6.03 Å². The molecule has 1 saturated heterocycles. The molecule has 61 heavy (non-hydrogen) atoms. The number of amides is 5. The van der Waals surface area contributed by atoms with E-state index in [0.29, 0.717) is 44.0 Å². The SMILES string of the molecule is CC[C@@H](C)[C@H]([C@H](CC(=O)N1CCC[C@@H]1[C@@H](OC)[C@H](C)C(=O)N[C@@H](C)[C@H](O)c1ccccc1)OC)N(C)C(=O)[C@H](CC(=O)[C@@H](C(C)C)N(C)C(=O)NCCC[Si](C)(C)O)C(C)C. The third-order valence-corrected chi connectivity index (χ3v) is 14.3. The van der Waals surface area contributed by atoms with E-state index in [2.05, 4.69) is 10.6 Å². The van der Waals surface area contributed by atoms with E-state index < -0.39 is 56.6 Å². The van der Waals surface area contributed by atoms with Crippen molar-refractivity contribution < 1.29 is 43.3 Å². The van der Waals surface area contributed by atoms with E-state index in [-0.39, 0.29) is 66.2 Å². The van der Waals surface area contributed by atoms with Gasteiger partial charge in [-0.2, -0.15) is 0 Å². The molecule has 15 heteroatoms. The summed E-state index contributed by atoms with van der Waals surface area (Å²) >= 11 is 0. The molecule has 2 rings (SSSR count). The van der Waals surface area contributed by atoms with Crippen LogP contribution < -0.4 is 10.6 Å². The molecule has 1 aliphatic rings. The lowest BCUT2D eigenvalue weighted by Crippen LogP contribution is -2.55. The average Bonchev–Trinajstić information content (AvgIpc) is 3.70. The summed E-state index contributed by atoms with van der Waals surface area (Å²) in [4.78, 5) is 84.7. The molecule has 1 aliphatic heterocycles. The molecule has 0 aliphatic carbocycles. The van der Waals surface area contributed by atoms with Crippen LogP contribution in [0.5, 0.6) is 0 Å². The van der Waals surface area contributed by atoms with Crippen LogP contribution in [0.2, 0.25) is 19.1 Å². The molecule has 0 unspecified atom stereocenters. The van der Waals surface area contributed by atoms with Gasteiger partial charge in [0.25, 0.3) is 0 Å². The molecule has 14 nitrogen and oxygen atoms in total. The Balaban J connectivity index is 2.25. The van der Waals surface area contributed by atoms with Crippen molar-refractivity contribution in [3.05, 3.63) is 35.9 Å². The highest BCUT2D eigenvalue weighted by atomic mass is 28.4. The van der Waals surface area contributed by atoms with Gasteiger partial charge in [0.1, 0.15) is 0 Å². The number of hydrogen-bond acceptors (Lipinski definition) is 9. The minimum Gasteiger partial charge on any atom is -0.432 e. The number of hydrogen-bond donors (Lipinski definition) is 4. The molecule has 10 atom stereocenters. The summed E-state index contributed by atoms with van der Waals surface area (Å²) in [6, 6.07) is 7.26. The van der Waals surface area contributed by atoms with Gasteiger partial charge in [0, 0.05) is 53.7 Å². The smallest absolute Gasteiger partial charge is 0.317 e. The summed E-state index contributed by atoms with van der Waals surface area (Å²) in [6.45, 7) is 19.8. The fourth-order valence-electron chi connectivity index (χ4n) is 8.89. The summed E-state index contributed by atoms with van der Waals surface area (Å²) in [5, 5.41) is 16.7. The van der Waals surface area contributed by atoms with Crippen LogP contribution in [0, 0.1) is 29.6 Å². The van der Waals surface area contributed by atoms with Crippen molar-refractivity contribution in [3.8, 4) is 0 Å². The van der Waals surface area contributed by atoms with E-state index in [9.17, 15) is 33.9 Å². The number of aliphatic hydroxyl groups excluding tert-OH is 1. The van der Waals surface area contributed by atoms with Crippen LogP contribution >= 0.6 is 0 Å². The van der Waals surface area contributed by atoms with E-state index in [1.54, 1.807) is 52.0 Å². The molecule has 1 heterocycles. The number of nitrogens with zero attached hydrogens (tertiary/aromatic N) is 3. The number of aliphatic hydroxyl groups is 1. The lowest BCUT2D eigenvalue weighted by atomic mass is 9.83. The molecule has 1 aromatic carbocycles. The third-order valence-electron chi connectivity index (χ3n) is 12.7. The summed E-state index contributed by atoms with van der Waals surface area (Å²) < 4.78 is 12.0. The molecule has 0 aromatic heterocycles. The molecule has 0 spiro atoms. The van der Waals surface area contributed by atoms with Gasteiger partial charge in [0.05, 0.1) is 54.8 Å². The zero-order valence-electron chi connectivity index (χ0n) is 39.8. The van der Waals surface area contributed by atoms with Crippen molar-refractivity contribution in [3.63, 3.8) is 0 Å². The molecular weight excluding hydrogens is 795 g/mol. The normalized spacial score (nSPS) is 19.0. The molecule has 5 amide bonds. The number of carbonyl (C=O) groups excluding carboxylic acids is 5. The molecule has 1 fully saturated rings. The lowest BCUT2D eigenvalue weighted by molar-refractivity contribution is -0.149. The number of likely N-dealkylation sites (tertiary alicyclic amines) is 1. The first-order chi connectivity index (χ1) is 28.5. The van der Waals surface area contributed by atoms with E-state index >= 15 is 0 Å². The second-order valence-corrected chi connectivity index (χ2v) is 22.8. The van der Waals surface area contributed by atoms with Gasteiger partial charge in [-0.05, 0) is 68.6 Å². The van der Waals surface area contributed by atoms with Gasteiger partial charge in [-0.3, -0.25) is 19.2 Å². The van der Waals surface area contributed by atoms with Gasteiger partial charge in [-0.15, -0.1) is 0 Å². The Labute approximate surface area is 368 Å². The number of nitrogens with one attached hydrogen (secondary N) is 2. The third kappa shape index (κ3) is 15.4. The Morgan fingerprint density at radius 2 is 1.54 bits per heavy atom. The van der Waals surface area contributed by atoms with Gasteiger partial charge in [-0.25, -0.2) is 4.79 Å². The summed E-state index contributed by atoms with van der Waals surface area (Å²) in [6.07, 6.45) is 0.507. The highest BCUT2D eigenvalue weighted by Gasteiger charge is 2.43. The molecule has 0 radical (unpaired) electrons.